The van der Waals surface area contributed by atoms with E-state index in [1.54, 1.807) is 12.1 Å². The molecule has 47 heavy (non-hydrogen) atoms. The van der Waals surface area contributed by atoms with Gasteiger partial charge >= 0.3 is 0 Å². The van der Waals surface area contributed by atoms with Gasteiger partial charge in [0.25, 0.3) is 11.8 Å². The summed E-state index contributed by atoms with van der Waals surface area (Å²) < 4.78 is 0. The molecule has 2 aromatic heterocycles. The highest BCUT2D eigenvalue weighted by atomic mass is 16.2. The molecule has 0 bridgehead atoms. The Balaban J connectivity index is 0.875. The minimum atomic E-state index is -0.975. The van der Waals surface area contributed by atoms with Gasteiger partial charge in [-0.05, 0) is 76.2 Å². The van der Waals surface area contributed by atoms with Gasteiger partial charge in [-0.3, -0.25) is 39.1 Å². The van der Waals surface area contributed by atoms with E-state index in [1.165, 1.54) is 12.1 Å². The van der Waals surface area contributed by atoms with Crippen LogP contribution in [-0.4, -0.2) is 82.0 Å². The molecule has 1 aromatic carbocycles. The molecule has 1 unspecified atom stereocenters. The van der Waals surface area contributed by atoms with Crippen molar-refractivity contribution >= 4 is 51.9 Å². The lowest BCUT2D eigenvalue weighted by molar-refractivity contribution is -0.136. The Bertz CT molecular complexity index is 1740. The van der Waals surface area contributed by atoms with Gasteiger partial charge in [-0.25, -0.2) is 4.98 Å². The van der Waals surface area contributed by atoms with Crippen LogP contribution in [0, 0.1) is 5.92 Å². The second-order valence-electron chi connectivity index (χ2n) is 13.4. The van der Waals surface area contributed by atoms with E-state index in [0.717, 1.165) is 79.6 Å². The van der Waals surface area contributed by atoms with Crippen LogP contribution in [-0.2, 0) is 14.4 Å². The third-order valence-electron chi connectivity index (χ3n) is 10.3. The van der Waals surface area contributed by atoms with Gasteiger partial charge in [0.15, 0.2) is 0 Å². The number of imide groups is 2. The number of piperidine rings is 2. The van der Waals surface area contributed by atoms with E-state index < -0.39 is 29.7 Å². The number of likely N-dealkylation sites (tertiary alicyclic amines) is 1. The van der Waals surface area contributed by atoms with Crippen molar-refractivity contribution in [3.05, 3.63) is 53.3 Å². The number of pyridine rings is 1. The SMILES string of the molecule is CN1CCC[C@@H]1c1cc2cnc(NC(=O)CCCCC3CCN(c4cccc5c4C(=O)N(C4CCC(=O)NC4=O)C5=O)CC3)cc2[nH]1. The first-order valence-corrected chi connectivity index (χ1v) is 16.8. The lowest BCUT2D eigenvalue weighted by Gasteiger charge is -2.34. The molecule has 246 valence electrons. The summed E-state index contributed by atoms with van der Waals surface area (Å²) in [5.41, 5.74) is 3.56. The zero-order valence-corrected chi connectivity index (χ0v) is 26.7. The molecule has 0 saturated carbocycles. The van der Waals surface area contributed by atoms with E-state index in [1.807, 2.05) is 18.3 Å². The molecule has 0 radical (unpaired) electrons. The fraction of sp³-hybridized carbons (Fsp3) is 0.486. The van der Waals surface area contributed by atoms with Gasteiger partial charge in [-0.2, -0.15) is 0 Å². The lowest BCUT2D eigenvalue weighted by atomic mass is 9.90. The van der Waals surface area contributed by atoms with Gasteiger partial charge < -0.3 is 15.2 Å². The van der Waals surface area contributed by atoms with Gasteiger partial charge in [0, 0.05) is 55.3 Å². The highest BCUT2D eigenvalue weighted by molar-refractivity contribution is 6.25. The topological polar surface area (TPSA) is 148 Å². The Morgan fingerprint density at radius 2 is 1.81 bits per heavy atom. The maximum Gasteiger partial charge on any atom is 0.264 e. The number of anilines is 2. The second-order valence-corrected chi connectivity index (χ2v) is 13.4. The summed E-state index contributed by atoms with van der Waals surface area (Å²) in [5.74, 6) is -0.894. The molecule has 3 N–H and O–H groups in total. The van der Waals surface area contributed by atoms with Gasteiger partial charge in [-0.1, -0.05) is 18.9 Å². The predicted octanol–water partition coefficient (Wildman–Crippen LogP) is 4.15. The molecule has 12 nitrogen and oxygen atoms in total. The normalized spacial score (nSPS) is 22.3. The summed E-state index contributed by atoms with van der Waals surface area (Å²) in [4.78, 5) is 77.0. The molecule has 2 atom stereocenters. The molecule has 3 aromatic rings. The number of nitrogens with zero attached hydrogens (tertiary/aromatic N) is 4. The maximum absolute atomic E-state index is 13.5. The van der Waals surface area contributed by atoms with Crippen LogP contribution in [0.3, 0.4) is 0 Å². The number of H-pyrrole nitrogens is 1. The smallest absolute Gasteiger partial charge is 0.264 e. The number of carbonyl (C=O) groups is 5. The fourth-order valence-electron chi connectivity index (χ4n) is 7.75. The van der Waals surface area contributed by atoms with E-state index in [-0.39, 0.29) is 18.7 Å². The van der Waals surface area contributed by atoms with E-state index in [9.17, 15) is 24.0 Å². The zero-order chi connectivity index (χ0) is 32.7. The second kappa shape index (κ2) is 12.9. The number of amides is 5. The van der Waals surface area contributed by atoms with Crippen molar-refractivity contribution in [3.8, 4) is 0 Å². The Hall–Kier alpha value is -4.58. The number of hydrogen-bond donors (Lipinski definition) is 3. The molecule has 4 aliphatic heterocycles. The molecular formula is C35H41N7O5. The van der Waals surface area contributed by atoms with Crippen LogP contribution in [0.15, 0.2) is 36.5 Å². The molecule has 0 spiro atoms. The molecule has 3 fully saturated rings. The Morgan fingerprint density at radius 3 is 2.57 bits per heavy atom. The Morgan fingerprint density at radius 1 is 0.979 bits per heavy atom. The van der Waals surface area contributed by atoms with Crippen molar-refractivity contribution in [3.63, 3.8) is 0 Å². The number of carbonyl (C=O) groups excluding carboxylic acids is 5. The molecule has 12 heteroatoms. The molecular weight excluding hydrogens is 598 g/mol. The van der Waals surface area contributed by atoms with Crippen LogP contribution in [0.5, 0.6) is 0 Å². The van der Waals surface area contributed by atoms with Crippen molar-refractivity contribution in [2.24, 2.45) is 5.92 Å². The highest BCUT2D eigenvalue weighted by Gasteiger charge is 2.46. The summed E-state index contributed by atoms with van der Waals surface area (Å²) in [7, 11) is 2.15. The summed E-state index contributed by atoms with van der Waals surface area (Å²) in [5, 5.41) is 6.26. The van der Waals surface area contributed by atoms with Crippen molar-refractivity contribution in [2.75, 3.05) is 36.9 Å². The van der Waals surface area contributed by atoms with Gasteiger partial charge in [-0.15, -0.1) is 0 Å². The highest BCUT2D eigenvalue weighted by Crippen LogP contribution is 2.37. The predicted molar refractivity (Wildman–Crippen MR) is 176 cm³/mol. The monoisotopic (exact) mass is 639 g/mol. The Labute approximate surface area is 273 Å². The third-order valence-corrected chi connectivity index (χ3v) is 10.3. The first-order valence-electron chi connectivity index (χ1n) is 16.8. The van der Waals surface area contributed by atoms with Crippen molar-refractivity contribution < 1.29 is 24.0 Å². The average molecular weight is 640 g/mol. The Kier molecular flexibility index (Phi) is 8.52. The maximum atomic E-state index is 13.5. The molecule has 0 aliphatic carbocycles. The number of aromatic amines is 1. The summed E-state index contributed by atoms with van der Waals surface area (Å²) in [6, 6.07) is 8.78. The average Bonchev–Trinajstić information content (AvgIpc) is 3.75. The number of unbranched alkanes of at least 4 members (excludes halogenated alkanes) is 1. The van der Waals surface area contributed by atoms with Crippen LogP contribution in [0.25, 0.3) is 10.9 Å². The van der Waals surface area contributed by atoms with Crippen molar-refractivity contribution in [1.29, 1.82) is 0 Å². The van der Waals surface area contributed by atoms with Crippen LogP contribution in [0.1, 0.15) is 96.7 Å². The number of benzene rings is 1. The minimum Gasteiger partial charge on any atom is -0.371 e. The standard InChI is InChI=1S/C35H41N7O5/c1-40-15-5-9-26(40)25-18-22-20-36-29(19-24(22)37-25)38-30(43)10-3-2-6-21-13-16-41(17-14-21)27-8-4-7-23-32(27)35(47)42(34(23)46)28-11-12-31(44)39-33(28)45/h4,7-8,18-21,26,28,37H,2-3,5-6,9-17H2,1H3,(H,36,38,43)(H,39,44,45)/t26-,28?/m1/s1. The summed E-state index contributed by atoms with van der Waals surface area (Å²) in [6.07, 6.45) is 9.51. The van der Waals surface area contributed by atoms with Crippen LogP contribution in [0.2, 0.25) is 0 Å². The van der Waals surface area contributed by atoms with Crippen LogP contribution >= 0.6 is 0 Å². The van der Waals surface area contributed by atoms with Crippen molar-refractivity contribution in [2.45, 2.75) is 76.3 Å². The van der Waals surface area contributed by atoms with Gasteiger partial charge in [0.05, 0.1) is 22.3 Å². The number of hydrogen-bond acceptors (Lipinski definition) is 8. The zero-order valence-electron chi connectivity index (χ0n) is 26.7. The van der Waals surface area contributed by atoms with Gasteiger partial charge in [0.2, 0.25) is 17.7 Å². The van der Waals surface area contributed by atoms with Crippen LogP contribution in [0.4, 0.5) is 11.5 Å². The molecule has 7 rings (SSSR count). The van der Waals surface area contributed by atoms with E-state index in [0.29, 0.717) is 35.3 Å². The van der Waals surface area contributed by atoms with Gasteiger partial charge in [0.1, 0.15) is 11.9 Å². The largest absolute Gasteiger partial charge is 0.371 e. The fourth-order valence-corrected chi connectivity index (χ4v) is 7.75. The first-order chi connectivity index (χ1) is 22.8. The van der Waals surface area contributed by atoms with Crippen molar-refractivity contribution in [1.82, 2.24) is 25.1 Å². The number of rotatable bonds is 9. The number of nitrogens with one attached hydrogen (secondary N) is 3. The number of aromatic nitrogens is 2. The summed E-state index contributed by atoms with van der Waals surface area (Å²) >= 11 is 0. The molecule has 3 saturated heterocycles. The summed E-state index contributed by atoms with van der Waals surface area (Å²) in [6.45, 7) is 2.62. The van der Waals surface area contributed by atoms with E-state index in [4.69, 9.17) is 0 Å². The minimum absolute atomic E-state index is 0.0301. The molecule has 4 aliphatic rings. The van der Waals surface area contributed by atoms with Crippen LogP contribution < -0.4 is 15.5 Å². The van der Waals surface area contributed by atoms with E-state index in [2.05, 4.69) is 43.5 Å². The quantitative estimate of drug-likeness (QED) is 0.234. The third kappa shape index (κ3) is 6.14. The molecule has 5 amide bonds. The first kappa shape index (κ1) is 31.0. The van der Waals surface area contributed by atoms with E-state index >= 15 is 0 Å². The number of fused-ring (bicyclic) bond motifs is 2. The lowest BCUT2D eigenvalue weighted by Crippen LogP contribution is -2.54. The molecule has 6 heterocycles.